The van der Waals surface area contributed by atoms with E-state index in [9.17, 15) is 0 Å². The van der Waals surface area contributed by atoms with Crippen molar-refractivity contribution in [3.8, 4) is 11.5 Å². The zero-order valence-electron chi connectivity index (χ0n) is 12.9. The highest BCUT2D eigenvalue weighted by Gasteiger charge is 2.24. The van der Waals surface area contributed by atoms with Crippen molar-refractivity contribution < 1.29 is 9.47 Å². The van der Waals surface area contributed by atoms with Gasteiger partial charge in [-0.3, -0.25) is 4.68 Å². The first-order chi connectivity index (χ1) is 11.3. The Morgan fingerprint density at radius 1 is 1.26 bits per heavy atom. The van der Waals surface area contributed by atoms with Crippen LogP contribution in [0.1, 0.15) is 12.8 Å². The van der Waals surface area contributed by atoms with E-state index in [-0.39, 0.29) is 6.10 Å². The Bertz CT molecular complexity index is 778. The van der Waals surface area contributed by atoms with Gasteiger partial charge in [-0.05, 0) is 36.6 Å². The Kier molecular flexibility index (Phi) is 3.49. The predicted molar refractivity (Wildman–Crippen MR) is 86.4 cm³/mol. The van der Waals surface area contributed by atoms with Crippen molar-refractivity contribution in [1.82, 2.24) is 14.8 Å². The van der Waals surface area contributed by atoms with Crippen molar-refractivity contribution in [2.45, 2.75) is 18.9 Å². The number of aromatic nitrogens is 3. The molecule has 0 fully saturated rings. The Morgan fingerprint density at radius 2 is 2.13 bits per heavy atom. The number of fused-ring (bicyclic) bond motifs is 1. The number of benzene rings is 1. The fourth-order valence-corrected chi connectivity index (χ4v) is 2.77. The number of ether oxygens (including phenoxy) is 2. The van der Waals surface area contributed by atoms with Gasteiger partial charge < -0.3 is 14.8 Å². The van der Waals surface area contributed by atoms with Crippen LogP contribution < -0.4 is 14.8 Å². The largest absolute Gasteiger partial charge is 0.485 e. The summed E-state index contributed by atoms with van der Waals surface area (Å²) < 4.78 is 13.6. The van der Waals surface area contributed by atoms with E-state index in [0.717, 1.165) is 35.6 Å². The van der Waals surface area contributed by atoms with Crippen LogP contribution in [-0.2, 0) is 7.05 Å². The molecule has 4 rings (SSSR count). The lowest BCUT2D eigenvalue weighted by atomic mass is 9.99. The molecule has 0 bridgehead atoms. The molecule has 6 nitrogen and oxygen atoms in total. The maximum absolute atomic E-state index is 6.07. The van der Waals surface area contributed by atoms with Crippen molar-refractivity contribution in [1.29, 1.82) is 0 Å². The summed E-state index contributed by atoms with van der Waals surface area (Å²) in [4.78, 5) is 4.20. The highest BCUT2D eigenvalue weighted by molar-refractivity contribution is 5.45. The Labute approximate surface area is 134 Å². The smallest absolute Gasteiger partial charge is 0.246 e. The van der Waals surface area contributed by atoms with Gasteiger partial charge in [0.2, 0.25) is 5.95 Å². The monoisotopic (exact) mass is 310 g/mol. The average Bonchev–Trinajstić information content (AvgIpc) is 2.99. The van der Waals surface area contributed by atoms with Crippen LogP contribution >= 0.6 is 0 Å². The number of rotatable bonds is 3. The van der Waals surface area contributed by atoms with Gasteiger partial charge in [0, 0.05) is 12.7 Å². The third-order valence-electron chi connectivity index (χ3n) is 3.89. The Morgan fingerprint density at radius 3 is 2.96 bits per heavy atom. The van der Waals surface area contributed by atoms with E-state index in [2.05, 4.69) is 27.6 Å². The summed E-state index contributed by atoms with van der Waals surface area (Å²) in [7, 11) is 1.85. The van der Waals surface area contributed by atoms with Gasteiger partial charge in [-0.25, -0.2) is 4.98 Å². The molecule has 1 N–H and O–H groups in total. The summed E-state index contributed by atoms with van der Waals surface area (Å²) in [5, 5.41) is 7.52. The van der Waals surface area contributed by atoms with Gasteiger partial charge >= 0.3 is 0 Å². The number of para-hydroxylation sites is 2. The van der Waals surface area contributed by atoms with Gasteiger partial charge in [0.25, 0.3) is 0 Å². The van der Waals surface area contributed by atoms with Gasteiger partial charge in [-0.15, -0.1) is 5.10 Å². The summed E-state index contributed by atoms with van der Waals surface area (Å²) in [5.41, 5.74) is 2.22. The fourth-order valence-electron chi connectivity index (χ4n) is 2.77. The first-order valence-corrected chi connectivity index (χ1v) is 7.70. The summed E-state index contributed by atoms with van der Waals surface area (Å²) >= 11 is 0. The second-order valence-corrected chi connectivity index (χ2v) is 5.64. The van der Waals surface area contributed by atoms with E-state index in [0.29, 0.717) is 12.6 Å². The average molecular weight is 310 g/mol. The SMILES string of the molecule is Cn1cnc(NC2=CC(C3COc4ccccc4O3)=CCC2)n1. The van der Waals surface area contributed by atoms with Crippen LogP contribution in [0.4, 0.5) is 5.95 Å². The van der Waals surface area contributed by atoms with Crippen LogP contribution in [0.2, 0.25) is 0 Å². The van der Waals surface area contributed by atoms with Crippen LogP contribution in [0.3, 0.4) is 0 Å². The molecule has 1 atom stereocenters. The van der Waals surface area contributed by atoms with Crippen molar-refractivity contribution in [3.63, 3.8) is 0 Å². The highest BCUT2D eigenvalue weighted by atomic mass is 16.6. The first kappa shape index (κ1) is 13.9. The second-order valence-electron chi connectivity index (χ2n) is 5.64. The van der Waals surface area contributed by atoms with Gasteiger partial charge in [-0.2, -0.15) is 0 Å². The molecular formula is C17H18N4O2. The predicted octanol–water partition coefficient (Wildman–Crippen LogP) is 2.67. The van der Waals surface area contributed by atoms with Crippen LogP contribution in [0.15, 0.2) is 54.0 Å². The number of anilines is 1. The van der Waals surface area contributed by atoms with Gasteiger partial charge in [0.1, 0.15) is 12.9 Å². The van der Waals surface area contributed by atoms with Crippen LogP contribution in [0.5, 0.6) is 11.5 Å². The Hall–Kier alpha value is -2.76. The number of nitrogens with one attached hydrogen (secondary N) is 1. The molecule has 0 radical (unpaired) electrons. The zero-order chi connectivity index (χ0) is 15.6. The molecule has 6 heteroatoms. The third-order valence-corrected chi connectivity index (χ3v) is 3.89. The van der Waals surface area contributed by atoms with Gasteiger partial charge in [0.15, 0.2) is 17.6 Å². The molecule has 23 heavy (non-hydrogen) atoms. The van der Waals surface area contributed by atoms with E-state index in [1.807, 2.05) is 31.3 Å². The molecule has 2 aliphatic rings. The maximum Gasteiger partial charge on any atom is 0.246 e. The van der Waals surface area contributed by atoms with Crippen molar-refractivity contribution in [2.75, 3.05) is 11.9 Å². The lowest BCUT2D eigenvalue weighted by Crippen LogP contribution is -2.31. The molecule has 0 saturated heterocycles. The molecule has 0 saturated carbocycles. The highest BCUT2D eigenvalue weighted by Crippen LogP contribution is 2.34. The van der Waals surface area contributed by atoms with E-state index in [4.69, 9.17) is 9.47 Å². The number of hydrogen-bond donors (Lipinski definition) is 1. The summed E-state index contributed by atoms with van der Waals surface area (Å²) in [5.74, 6) is 2.22. The lowest BCUT2D eigenvalue weighted by Gasteiger charge is -2.28. The summed E-state index contributed by atoms with van der Waals surface area (Å²) in [6, 6.07) is 7.77. The summed E-state index contributed by atoms with van der Waals surface area (Å²) in [6.45, 7) is 0.522. The normalized spacial score (nSPS) is 19.8. The summed E-state index contributed by atoms with van der Waals surface area (Å²) in [6.07, 6.45) is 7.81. The minimum atomic E-state index is -0.0845. The molecule has 1 unspecified atom stereocenters. The molecule has 1 aliphatic heterocycles. The molecule has 118 valence electrons. The molecular weight excluding hydrogens is 292 g/mol. The Balaban J connectivity index is 1.50. The third kappa shape index (κ3) is 2.92. The fraction of sp³-hybridized carbons (Fsp3) is 0.294. The molecule has 1 aliphatic carbocycles. The van der Waals surface area contributed by atoms with E-state index >= 15 is 0 Å². The van der Waals surface area contributed by atoms with Crippen molar-refractivity contribution >= 4 is 5.95 Å². The first-order valence-electron chi connectivity index (χ1n) is 7.70. The maximum atomic E-state index is 6.07. The number of nitrogens with zero attached hydrogens (tertiary/aromatic N) is 3. The van der Waals surface area contributed by atoms with E-state index in [1.54, 1.807) is 11.0 Å². The number of allylic oxidation sites excluding steroid dienone is 2. The molecule has 2 aromatic rings. The number of aryl methyl sites for hydroxylation is 1. The quantitative estimate of drug-likeness (QED) is 0.944. The van der Waals surface area contributed by atoms with E-state index < -0.39 is 0 Å². The van der Waals surface area contributed by atoms with Crippen LogP contribution in [0.25, 0.3) is 0 Å². The molecule has 1 aromatic heterocycles. The minimum absolute atomic E-state index is 0.0845. The minimum Gasteiger partial charge on any atom is -0.485 e. The standard InChI is InChI=1S/C17H18N4O2/c1-21-11-18-17(20-21)19-13-6-4-5-12(9-13)16-10-22-14-7-2-3-8-15(14)23-16/h2-3,5,7-9,11,16H,4,6,10H2,1H3,(H,19,20). The number of hydrogen-bond acceptors (Lipinski definition) is 5. The topological polar surface area (TPSA) is 61.2 Å². The molecule has 1 aromatic carbocycles. The zero-order valence-corrected chi connectivity index (χ0v) is 12.9. The second kappa shape index (κ2) is 5.79. The molecule has 2 heterocycles. The van der Waals surface area contributed by atoms with Gasteiger partial charge in [-0.1, -0.05) is 18.2 Å². The van der Waals surface area contributed by atoms with Crippen LogP contribution in [-0.4, -0.2) is 27.5 Å². The molecule has 0 amide bonds. The van der Waals surface area contributed by atoms with Crippen LogP contribution in [0, 0.1) is 0 Å². The lowest BCUT2D eigenvalue weighted by molar-refractivity contribution is 0.117. The van der Waals surface area contributed by atoms with Crippen molar-refractivity contribution in [3.05, 3.63) is 54.0 Å². The van der Waals surface area contributed by atoms with E-state index in [1.165, 1.54) is 0 Å². The molecule has 0 spiro atoms. The van der Waals surface area contributed by atoms with Crippen molar-refractivity contribution in [2.24, 2.45) is 7.05 Å². The van der Waals surface area contributed by atoms with Gasteiger partial charge in [0.05, 0.1) is 0 Å².